The molecule has 0 radical (unpaired) electrons. The van der Waals surface area contributed by atoms with E-state index in [0.29, 0.717) is 0 Å². The Kier molecular flexibility index (Phi) is 4.72. The summed E-state index contributed by atoms with van der Waals surface area (Å²) in [4.78, 5) is 23.3. The average Bonchev–Trinajstić information content (AvgIpc) is 2.71. The molecule has 28 heavy (non-hydrogen) atoms. The topological polar surface area (TPSA) is 58.1 Å². The van der Waals surface area contributed by atoms with Gasteiger partial charge in [0.25, 0.3) is 0 Å². The van der Waals surface area contributed by atoms with Gasteiger partial charge in [0.2, 0.25) is 5.91 Å². The highest BCUT2D eigenvalue weighted by Crippen LogP contribution is 2.21. The molecular formula is C23H20N4O. The number of carbonyl (C=O) groups is 1. The summed E-state index contributed by atoms with van der Waals surface area (Å²) in [5.41, 5.74) is 3.41. The molecule has 2 heterocycles. The lowest BCUT2D eigenvalue weighted by Gasteiger charge is -2.12. The van der Waals surface area contributed by atoms with E-state index in [1.54, 1.807) is 12.3 Å². The van der Waals surface area contributed by atoms with Crippen molar-refractivity contribution >= 4 is 45.3 Å². The predicted octanol–water partition coefficient (Wildman–Crippen LogP) is 4.50. The molecule has 2 aromatic carbocycles. The van der Waals surface area contributed by atoms with Gasteiger partial charge in [0.05, 0.1) is 11.0 Å². The quantitative estimate of drug-likeness (QED) is 0.539. The normalized spacial score (nSPS) is 11.2. The van der Waals surface area contributed by atoms with Gasteiger partial charge in [-0.1, -0.05) is 24.3 Å². The maximum Gasteiger partial charge on any atom is 0.248 e. The highest BCUT2D eigenvalue weighted by atomic mass is 16.1. The second-order valence-electron chi connectivity index (χ2n) is 6.72. The molecule has 4 rings (SSSR count). The third-order valence-corrected chi connectivity index (χ3v) is 4.48. The molecular weight excluding hydrogens is 348 g/mol. The number of rotatable bonds is 4. The third kappa shape index (κ3) is 3.69. The molecule has 0 aliphatic rings. The van der Waals surface area contributed by atoms with Crippen LogP contribution in [0.1, 0.15) is 5.56 Å². The third-order valence-electron chi connectivity index (χ3n) is 4.48. The van der Waals surface area contributed by atoms with Crippen molar-refractivity contribution in [2.45, 2.75) is 0 Å². The molecule has 138 valence electrons. The lowest BCUT2D eigenvalue weighted by Crippen LogP contribution is -2.10. The molecule has 1 N–H and O–H groups in total. The van der Waals surface area contributed by atoms with Gasteiger partial charge in [0.15, 0.2) is 0 Å². The van der Waals surface area contributed by atoms with Crippen LogP contribution in [0, 0.1) is 0 Å². The van der Waals surface area contributed by atoms with E-state index >= 15 is 0 Å². The van der Waals surface area contributed by atoms with E-state index in [9.17, 15) is 4.79 Å². The zero-order chi connectivity index (χ0) is 19.5. The molecule has 0 saturated heterocycles. The van der Waals surface area contributed by atoms with Crippen LogP contribution in [0.5, 0.6) is 0 Å². The van der Waals surface area contributed by atoms with E-state index in [2.05, 4.69) is 15.3 Å². The van der Waals surface area contributed by atoms with Crippen LogP contribution in [0.4, 0.5) is 11.5 Å². The van der Waals surface area contributed by atoms with Gasteiger partial charge in [-0.05, 0) is 42.5 Å². The van der Waals surface area contributed by atoms with Crippen molar-refractivity contribution in [2.24, 2.45) is 0 Å². The number of para-hydroxylation sites is 1. The number of amides is 1. The molecule has 0 aliphatic carbocycles. The Labute approximate surface area is 163 Å². The Balaban J connectivity index is 1.53. The molecule has 5 nitrogen and oxygen atoms in total. The minimum Gasteiger partial charge on any atom is -0.363 e. The zero-order valence-corrected chi connectivity index (χ0v) is 15.8. The smallest absolute Gasteiger partial charge is 0.248 e. The van der Waals surface area contributed by atoms with Crippen LogP contribution in [0.15, 0.2) is 72.9 Å². The van der Waals surface area contributed by atoms with E-state index in [0.717, 1.165) is 38.9 Å². The van der Waals surface area contributed by atoms with E-state index in [-0.39, 0.29) is 5.91 Å². The molecule has 0 unspecified atom stereocenters. The Morgan fingerprint density at radius 3 is 2.71 bits per heavy atom. The lowest BCUT2D eigenvalue weighted by molar-refractivity contribution is -0.111. The van der Waals surface area contributed by atoms with E-state index in [1.807, 2.05) is 79.7 Å². The molecule has 1 amide bonds. The molecule has 0 aliphatic heterocycles. The van der Waals surface area contributed by atoms with Crippen LogP contribution >= 0.6 is 0 Å². The van der Waals surface area contributed by atoms with E-state index < -0.39 is 0 Å². The number of hydrogen-bond acceptors (Lipinski definition) is 4. The lowest BCUT2D eigenvalue weighted by atomic mass is 10.1. The number of nitrogens with one attached hydrogen (secondary N) is 1. The second-order valence-corrected chi connectivity index (χ2v) is 6.72. The van der Waals surface area contributed by atoms with Crippen LogP contribution in [0.2, 0.25) is 0 Å². The zero-order valence-electron chi connectivity index (χ0n) is 15.8. The summed E-state index contributed by atoms with van der Waals surface area (Å²) in [5, 5.41) is 4.93. The average molecular weight is 368 g/mol. The van der Waals surface area contributed by atoms with Crippen LogP contribution in [0.3, 0.4) is 0 Å². The largest absolute Gasteiger partial charge is 0.363 e. The summed E-state index contributed by atoms with van der Waals surface area (Å²) in [7, 11) is 3.92. The van der Waals surface area contributed by atoms with Gasteiger partial charge >= 0.3 is 0 Å². The first-order chi connectivity index (χ1) is 13.6. The van der Waals surface area contributed by atoms with Gasteiger partial charge in [-0.3, -0.25) is 9.78 Å². The van der Waals surface area contributed by atoms with E-state index in [1.165, 1.54) is 6.08 Å². The number of anilines is 2. The fraction of sp³-hybridized carbons (Fsp3) is 0.0870. The molecule has 2 aromatic heterocycles. The van der Waals surface area contributed by atoms with Crippen molar-refractivity contribution in [3.8, 4) is 0 Å². The Hall–Kier alpha value is -3.73. The van der Waals surface area contributed by atoms with Crippen LogP contribution in [0.25, 0.3) is 27.9 Å². The van der Waals surface area contributed by atoms with Gasteiger partial charge in [0, 0.05) is 48.4 Å². The summed E-state index contributed by atoms with van der Waals surface area (Å²) in [6.07, 6.45) is 5.07. The van der Waals surface area contributed by atoms with Crippen LogP contribution in [-0.2, 0) is 4.79 Å². The Morgan fingerprint density at radius 2 is 1.86 bits per heavy atom. The Bertz CT molecular complexity index is 1190. The van der Waals surface area contributed by atoms with Gasteiger partial charge < -0.3 is 10.2 Å². The summed E-state index contributed by atoms with van der Waals surface area (Å²) < 4.78 is 0. The molecule has 0 saturated carbocycles. The fourth-order valence-corrected chi connectivity index (χ4v) is 3.05. The first-order valence-corrected chi connectivity index (χ1v) is 9.01. The SMILES string of the molecule is CN(C)c1ccc2cc(NC(=O)/C=C/c3cccc4cccnc34)ccc2n1. The van der Waals surface area contributed by atoms with Gasteiger partial charge in [0.1, 0.15) is 5.82 Å². The van der Waals surface area contributed by atoms with E-state index in [4.69, 9.17) is 0 Å². The van der Waals surface area contributed by atoms with Crippen molar-refractivity contribution in [3.05, 3.63) is 78.5 Å². The van der Waals surface area contributed by atoms with Crippen LogP contribution in [-0.4, -0.2) is 30.0 Å². The number of nitrogens with zero attached hydrogens (tertiary/aromatic N) is 3. The molecule has 0 bridgehead atoms. The number of fused-ring (bicyclic) bond motifs is 2. The van der Waals surface area contributed by atoms with Crippen LogP contribution < -0.4 is 10.2 Å². The maximum absolute atomic E-state index is 12.4. The monoisotopic (exact) mass is 368 g/mol. The first kappa shape index (κ1) is 17.7. The van der Waals surface area contributed by atoms with Crippen molar-refractivity contribution in [2.75, 3.05) is 24.3 Å². The molecule has 0 fully saturated rings. The summed E-state index contributed by atoms with van der Waals surface area (Å²) in [6, 6.07) is 19.5. The van der Waals surface area contributed by atoms with Gasteiger partial charge in [-0.2, -0.15) is 0 Å². The fourth-order valence-electron chi connectivity index (χ4n) is 3.05. The summed E-state index contributed by atoms with van der Waals surface area (Å²) in [5.74, 6) is 0.709. The van der Waals surface area contributed by atoms with Crippen molar-refractivity contribution in [1.82, 2.24) is 9.97 Å². The Morgan fingerprint density at radius 1 is 1.00 bits per heavy atom. The maximum atomic E-state index is 12.4. The number of pyridine rings is 2. The predicted molar refractivity (Wildman–Crippen MR) is 115 cm³/mol. The molecule has 0 atom stereocenters. The summed E-state index contributed by atoms with van der Waals surface area (Å²) >= 11 is 0. The second kappa shape index (κ2) is 7.48. The van der Waals surface area contributed by atoms with Crippen molar-refractivity contribution in [3.63, 3.8) is 0 Å². The first-order valence-electron chi connectivity index (χ1n) is 9.01. The number of hydrogen-bond donors (Lipinski definition) is 1. The van der Waals surface area contributed by atoms with Crippen molar-refractivity contribution < 1.29 is 4.79 Å². The van der Waals surface area contributed by atoms with Gasteiger partial charge in [-0.15, -0.1) is 0 Å². The highest BCUT2D eigenvalue weighted by molar-refractivity contribution is 6.04. The molecule has 0 spiro atoms. The standard InChI is InChI=1S/C23H20N4O/c1-27(2)21-12-8-18-15-19(10-11-20(18)26-21)25-22(28)13-9-17-6-3-5-16-7-4-14-24-23(16)17/h3-15H,1-2H3,(H,25,28)/b13-9+. The molecule has 4 aromatic rings. The number of carbonyl (C=O) groups excluding carboxylic acids is 1. The highest BCUT2D eigenvalue weighted by Gasteiger charge is 2.04. The summed E-state index contributed by atoms with van der Waals surface area (Å²) in [6.45, 7) is 0. The minimum atomic E-state index is -0.190. The van der Waals surface area contributed by atoms with Crippen molar-refractivity contribution in [1.29, 1.82) is 0 Å². The van der Waals surface area contributed by atoms with Gasteiger partial charge in [-0.25, -0.2) is 4.98 Å². The molecule has 5 heteroatoms. The number of aromatic nitrogens is 2. The number of benzene rings is 2. The minimum absolute atomic E-state index is 0.190.